The van der Waals surface area contributed by atoms with Gasteiger partial charge in [-0.25, -0.2) is 0 Å². The van der Waals surface area contributed by atoms with E-state index < -0.39 is 24.4 Å². The van der Waals surface area contributed by atoms with E-state index in [2.05, 4.69) is 0 Å². The zero-order valence-electron chi connectivity index (χ0n) is 4.57. The van der Waals surface area contributed by atoms with Crippen molar-refractivity contribution in [2.24, 2.45) is 5.73 Å². The summed E-state index contributed by atoms with van der Waals surface area (Å²) in [5.74, 6) is -2.50. The summed E-state index contributed by atoms with van der Waals surface area (Å²) in [6.45, 7) is 0. The molecule has 0 aliphatic heterocycles. The molecule has 0 aliphatic rings. The Bertz CT molecular complexity index is 137. The van der Waals surface area contributed by atoms with E-state index in [1.165, 1.54) is 0 Å². The molecule has 0 rings (SSSR count). The monoisotopic (exact) mass is 141 g/mol. The maximum atomic E-state index is 9.85. The maximum absolute atomic E-state index is 9.85. The van der Waals surface area contributed by atoms with Gasteiger partial charge in [0, 0.05) is 0 Å². The molecule has 0 aromatic carbocycles. The average Bonchev–Trinajstić information content (AvgIpc) is 1.63. The third-order valence-corrected chi connectivity index (χ3v) is 0.712. The molecule has 0 aromatic rings. The number of hydrogen-bond donors (Lipinski definition) is 3. The van der Waals surface area contributed by atoms with Crippen LogP contribution in [0, 0.1) is 0 Å². The van der Waals surface area contributed by atoms with Gasteiger partial charge in [-0.2, -0.15) is 0 Å². The molecule has 54 valence electrons. The Kier molecular flexibility index (Phi) is 6.46. The second-order valence-electron chi connectivity index (χ2n) is 1.54. The van der Waals surface area contributed by atoms with Crippen molar-refractivity contribution in [1.82, 2.24) is 0 Å². The summed E-state index contributed by atoms with van der Waals surface area (Å²) < 4.78 is 0. The Hall–Kier alpha value is -0.503. The Morgan fingerprint density at radius 3 is 1.90 bits per heavy atom. The number of hydrogen-bond acceptors (Lipinski definition) is 3. The number of carbonyl (C=O) groups is 2. The predicted octanol–water partition coefficient (Wildman–Crippen LogP) is -1.78. The fraction of sp³-hybridized carbons (Fsp3) is 0.500. The van der Waals surface area contributed by atoms with E-state index in [9.17, 15) is 9.59 Å². The van der Waals surface area contributed by atoms with Crippen molar-refractivity contribution < 1.29 is 19.8 Å². The van der Waals surface area contributed by atoms with Gasteiger partial charge < -0.3 is 15.9 Å². The van der Waals surface area contributed by atoms with Crippen LogP contribution < -0.4 is 5.73 Å². The number of carboxylic acid groups (broad SMARTS) is 2. The molecule has 0 spiro atoms. The normalized spacial score (nSPS) is 11.3. The fourth-order valence-electron chi connectivity index (χ4n) is 0.275. The van der Waals surface area contributed by atoms with Gasteiger partial charge in [0.25, 0.3) is 0 Å². The molecule has 0 aromatic heterocycles. The Morgan fingerprint density at radius 1 is 1.40 bits per heavy atom. The Labute approximate surface area is 69.4 Å². The predicted molar refractivity (Wildman–Crippen MR) is 35.0 cm³/mol. The van der Waals surface area contributed by atoms with E-state index in [4.69, 9.17) is 15.9 Å². The van der Waals surface area contributed by atoms with Crippen LogP contribution in [0.3, 0.4) is 0 Å². The number of rotatable bonds is 3. The molecule has 0 aliphatic carbocycles. The second-order valence-corrected chi connectivity index (χ2v) is 1.54. The molecule has 0 heterocycles. The van der Waals surface area contributed by atoms with Gasteiger partial charge in [-0.3, -0.25) is 9.59 Å². The van der Waals surface area contributed by atoms with Gasteiger partial charge in [-0.05, 0) is 0 Å². The third kappa shape index (κ3) is 5.63. The van der Waals surface area contributed by atoms with Gasteiger partial charge in [0.05, 0.1) is 6.42 Å². The van der Waals surface area contributed by atoms with Crippen molar-refractivity contribution in [3.63, 3.8) is 0 Å². The zero-order valence-corrected chi connectivity index (χ0v) is 4.57. The van der Waals surface area contributed by atoms with Gasteiger partial charge >= 0.3 is 30.8 Å². The van der Waals surface area contributed by atoms with Crippen molar-refractivity contribution in [3.05, 3.63) is 0 Å². The van der Waals surface area contributed by atoms with E-state index in [0.29, 0.717) is 0 Å². The number of nitrogens with two attached hydrogens (primary N) is 1. The van der Waals surface area contributed by atoms with Gasteiger partial charge in [0.1, 0.15) is 6.04 Å². The number of aliphatic carboxylic acids is 2. The molecule has 0 saturated heterocycles. The first-order valence-corrected chi connectivity index (χ1v) is 2.24. The van der Waals surface area contributed by atoms with Crippen LogP contribution in [0.25, 0.3) is 0 Å². The molecule has 6 heteroatoms. The first-order valence-electron chi connectivity index (χ1n) is 2.24. The zero-order chi connectivity index (χ0) is 7.44. The summed E-state index contributed by atoms with van der Waals surface area (Å²) >= 11 is 0. The minimum atomic E-state index is -1.29. The number of carboxylic acids is 2. The van der Waals surface area contributed by atoms with Crippen molar-refractivity contribution in [2.45, 2.75) is 12.5 Å². The summed E-state index contributed by atoms with van der Waals surface area (Å²) in [4.78, 5) is 19.6. The molecule has 0 bridgehead atoms. The molecule has 0 amide bonds. The van der Waals surface area contributed by atoms with Crippen LogP contribution in [0.15, 0.2) is 0 Å². The van der Waals surface area contributed by atoms with Gasteiger partial charge in [-0.15, -0.1) is 0 Å². The molecule has 4 N–H and O–H groups in total. The van der Waals surface area contributed by atoms with Crippen LogP contribution in [0.1, 0.15) is 6.42 Å². The van der Waals surface area contributed by atoms with Gasteiger partial charge in [-0.1, -0.05) is 0 Å². The summed E-state index contributed by atoms with van der Waals surface area (Å²) in [6.07, 6.45) is -0.532. The minimum absolute atomic E-state index is 0. The average molecular weight is 141 g/mol. The first-order chi connectivity index (χ1) is 4.04. The van der Waals surface area contributed by atoms with E-state index in [0.717, 1.165) is 0 Å². The second kappa shape index (κ2) is 5.30. The molecule has 0 fully saturated rings. The molecule has 0 saturated carbocycles. The van der Waals surface area contributed by atoms with E-state index in [1.54, 1.807) is 0 Å². The summed E-state index contributed by atoms with van der Waals surface area (Å²) in [6, 6.07) is -1.29. The van der Waals surface area contributed by atoms with Crippen molar-refractivity contribution in [1.29, 1.82) is 0 Å². The van der Waals surface area contributed by atoms with Crippen molar-refractivity contribution in [2.75, 3.05) is 0 Å². The quantitative estimate of drug-likeness (QED) is 0.403. The van der Waals surface area contributed by atoms with E-state index in [1.807, 2.05) is 0 Å². The molecule has 5 nitrogen and oxygen atoms in total. The Balaban J connectivity index is 0. The summed E-state index contributed by atoms with van der Waals surface area (Å²) in [7, 11) is 0. The van der Waals surface area contributed by atoms with E-state index >= 15 is 0 Å². The van der Waals surface area contributed by atoms with Crippen LogP contribution in [-0.2, 0) is 9.59 Å². The van der Waals surface area contributed by atoms with Gasteiger partial charge in [0.15, 0.2) is 0 Å². The topological polar surface area (TPSA) is 101 Å². The molecule has 10 heavy (non-hydrogen) atoms. The van der Waals surface area contributed by atoms with Crippen molar-refractivity contribution >= 4 is 30.8 Å². The molecular weight excluding hydrogens is 133 g/mol. The van der Waals surface area contributed by atoms with Crippen LogP contribution in [-0.4, -0.2) is 47.1 Å². The molecule has 1 atom stereocenters. The van der Waals surface area contributed by atoms with E-state index in [-0.39, 0.29) is 18.9 Å². The summed E-state index contributed by atoms with van der Waals surface area (Å²) in [5, 5.41) is 16.0. The third-order valence-electron chi connectivity index (χ3n) is 0.712. The first kappa shape index (κ1) is 12.2. The molecule has 0 radical (unpaired) electrons. The fourth-order valence-corrected chi connectivity index (χ4v) is 0.275. The molecule has 1 unspecified atom stereocenters. The van der Waals surface area contributed by atoms with Crippen LogP contribution >= 0.6 is 0 Å². The van der Waals surface area contributed by atoms with Crippen molar-refractivity contribution in [3.8, 4) is 0 Å². The van der Waals surface area contributed by atoms with Gasteiger partial charge in [0.2, 0.25) is 0 Å². The summed E-state index contributed by atoms with van der Waals surface area (Å²) in [5.41, 5.74) is 4.84. The molecular formula is C4H8LiNO4. The SMILES string of the molecule is NC(CC(=O)O)C(=O)O.[LiH]. The standard InChI is InChI=1S/C4H7NO4.Li.H/c5-2(4(8)9)1-3(6)7;;/h2H,1,5H2,(H,6,7)(H,8,9);;. The van der Waals surface area contributed by atoms with Crippen LogP contribution in [0.5, 0.6) is 0 Å². The van der Waals surface area contributed by atoms with Crippen LogP contribution in [0.2, 0.25) is 0 Å². The van der Waals surface area contributed by atoms with Crippen LogP contribution in [0.4, 0.5) is 0 Å². The Morgan fingerprint density at radius 2 is 1.80 bits per heavy atom.